The molecule has 0 amide bonds. The second-order valence-electron chi connectivity index (χ2n) is 28.3. The summed E-state index contributed by atoms with van der Waals surface area (Å²) >= 11 is 0. The molecule has 0 unspecified atom stereocenters. The molecule has 20 rings (SSSR count). The van der Waals surface area contributed by atoms with Crippen LogP contribution in [0.3, 0.4) is 0 Å². The highest BCUT2D eigenvalue weighted by Crippen LogP contribution is 2.62. The van der Waals surface area contributed by atoms with E-state index in [1.165, 1.54) is 150 Å². The van der Waals surface area contributed by atoms with Crippen LogP contribution >= 0.6 is 0 Å². The van der Waals surface area contributed by atoms with Crippen molar-refractivity contribution in [1.29, 1.82) is 0 Å². The Labute approximate surface area is 585 Å². The molecular weight excluding hydrogens is 1210 g/mol. The molecule has 100 heavy (non-hydrogen) atoms. The lowest BCUT2D eigenvalue weighted by Crippen LogP contribution is -2.33. The molecule has 474 valence electrons. The lowest BCUT2D eigenvalue weighted by atomic mass is 9.65. The van der Waals surface area contributed by atoms with Gasteiger partial charge in [0.05, 0.1) is 27.8 Å². The molecule has 4 aliphatic rings. The van der Waals surface area contributed by atoms with Crippen LogP contribution in [0.2, 0.25) is 0 Å². The Morgan fingerprint density at radius 3 is 1.31 bits per heavy atom. The van der Waals surface area contributed by atoms with Gasteiger partial charge in [-0.1, -0.05) is 325 Å². The number of benzene rings is 15. The van der Waals surface area contributed by atoms with Crippen molar-refractivity contribution in [2.75, 3.05) is 10.2 Å². The Morgan fingerprint density at radius 2 is 0.690 bits per heavy atom. The zero-order valence-corrected chi connectivity index (χ0v) is 56.4. The van der Waals surface area contributed by atoms with Gasteiger partial charge in [-0.05, 0) is 166 Å². The van der Waals surface area contributed by atoms with Gasteiger partial charge in [0.1, 0.15) is 0 Å². The van der Waals surface area contributed by atoms with Gasteiger partial charge in [-0.15, -0.1) is 0 Å². The van der Waals surface area contributed by atoms with Crippen LogP contribution in [0.25, 0.3) is 105 Å². The first-order valence-electron chi connectivity index (χ1n) is 35.1. The molecule has 1 N–H and O–H groups in total. The molecular formula is C97H71N3. The SMILES string of the molecule is CC1(C)c2ccccc2-c2ccc(N(c3ccc4c(c3)-n3c5ccccc5c5cccc(c53)C43c4ccccc4-c4ccccc43)c3ccccc3-c3ccc(-c4ccccc4)cc3)cc21.CC1(C)c2ccccc2-c2ccc(Nc3ccccc3-c3ccc(-c4ccccc4)cc3)cc21. The van der Waals surface area contributed by atoms with Crippen molar-refractivity contribution in [1.82, 2.24) is 4.57 Å². The highest BCUT2D eigenvalue weighted by atomic mass is 15.1. The molecule has 15 aromatic carbocycles. The standard InChI is InChI=1S/C64H44N2.C33H27N/c1-63(2)53-25-11-6-20-47(53)50-37-35-44(39-58(50)63)65(59-29-14-9-19-46(59)43-33-31-42(32-34-43)41-17-4-3-5-18-41)45-36-38-56-61(40-45)66-60-30-15-10-23-51(60)52-24-16-28-57(62(52)66)64(56)54-26-12-7-21-48(54)49-22-8-13-27-55(49)64;1-33(2)30-14-8-6-13-28(30)29-21-20-26(22-31(29)33)34-32-15-9-7-12-27(32)25-18-16-24(17-19-25)23-10-4-3-5-11-23/h3-40H,1-2H3;3-22,34H,1-2H3. The monoisotopic (exact) mass is 1280 g/mol. The zero-order valence-electron chi connectivity index (χ0n) is 56.4. The van der Waals surface area contributed by atoms with E-state index in [1.807, 2.05) is 0 Å². The van der Waals surface area contributed by atoms with Crippen molar-refractivity contribution < 1.29 is 0 Å². The van der Waals surface area contributed by atoms with E-state index in [0.29, 0.717) is 0 Å². The third-order valence-corrected chi connectivity index (χ3v) is 22.3. The minimum Gasteiger partial charge on any atom is -0.355 e. The van der Waals surface area contributed by atoms with E-state index in [2.05, 4.69) is 394 Å². The van der Waals surface area contributed by atoms with Crippen LogP contribution in [0.5, 0.6) is 0 Å². The van der Waals surface area contributed by atoms with Crippen LogP contribution in [0.4, 0.5) is 28.4 Å². The first-order valence-corrected chi connectivity index (χ1v) is 35.1. The number of nitrogens with one attached hydrogen (secondary N) is 1. The maximum absolute atomic E-state index is 3.71. The van der Waals surface area contributed by atoms with Gasteiger partial charge >= 0.3 is 0 Å². The fourth-order valence-corrected chi connectivity index (χ4v) is 17.6. The largest absolute Gasteiger partial charge is 0.355 e. The van der Waals surface area contributed by atoms with Gasteiger partial charge in [0.15, 0.2) is 0 Å². The van der Waals surface area contributed by atoms with Gasteiger partial charge in [0.25, 0.3) is 0 Å². The maximum atomic E-state index is 3.71. The summed E-state index contributed by atoms with van der Waals surface area (Å²) in [5.74, 6) is 0. The minimum atomic E-state index is -0.516. The molecule has 3 heteroatoms. The number of fused-ring (bicyclic) bond motifs is 18. The van der Waals surface area contributed by atoms with Crippen LogP contribution in [0, 0.1) is 0 Å². The van der Waals surface area contributed by atoms with Gasteiger partial charge in [-0.25, -0.2) is 0 Å². The van der Waals surface area contributed by atoms with Crippen LogP contribution in [-0.4, -0.2) is 4.57 Å². The van der Waals surface area contributed by atoms with Crippen molar-refractivity contribution in [3.8, 4) is 83.6 Å². The Balaban J connectivity index is 0.000000172. The smallest absolute Gasteiger partial charge is 0.0754 e. The molecule has 0 saturated carbocycles. The highest BCUT2D eigenvalue weighted by Gasteiger charge is 2.51. The number of para-hydroxylation sites is 4. The molecule has 1 spiro atoms. The predicted molar refractivity (Wildman–Crippen MR) is 419 cm³/mol. The third kappa shape index (κ3) is 8.98. The van der Waals surface area contributed by atoms with Crippen molar-refractivity contribution in [3.63, 3.8) is 0 Å². The first kappa shape index (κ1) is 59.0. The fourth-order valence-electron chi connectivity index (χ4n) is 17.6. The van der Waals surface area contributed by atoms with Gasteiger partial charge in [-0.3, -0.25) is 0 Å². The van der Waals surface area contributed by atoms with Crippen molar-refractivity contribution in [2.45, 2.75) is 43.9 Å². The molecule has 2 heterocycles. The van der Waals surface area contributed by atoms with Crippen LogP contribution in [0.15, 0.2) is 352 Å². The van der Waals surface area contributed by atoms with Gasteiger partial charge in [0.2, 0.25) is 0 Å². The Morgan fingerprint density at radius 1 is 0.270 bits per heavy atom. The number of anilines is 5. The number of rotatable bonds is 9. The molecule has 0 saturated heterocycles. The van der Waals surface area contributed by atoms with Gasteiger partial charge in [0, 0.05) is 55.5 Å². The number of aromatic nitrogens is 1. The Bertz CT molecular complexity index is 5880. The fraction of sp³-hybridized carbons (Fsp3) is 0.0722. The molecule has 1 aliphatic heterocycles. The van der Waals surface area contributed by atoms with E-state index < -0.39 is 5.41 Å². The second-order valence-corrected chi connectivity index (χ2v) is 28.3. The summed E-state index contributed by atoms with van der Waals surface area (Å²) < 4.78 is 2.57. The molecule has 0 bridgehead atoms. The molecule has 0 atom stereocenters. The molecule has 3 aliphatic carbocycles. The molecule has 1 aromatic heterocycles. The summed E-state index contributed by atoms with van der Waals surface area (Å²) in [6, 6.07) is 130. The van der Waals surface area contributed by atoms with Crippen LogP contribution in [0.1, 0.15) is 72.2 Å². The Kier molecular flexibility index (Phi) is 13.5. The van der Waals surface area contributed by atoms with E-state index in [-0.39, 0.29) is 10.8 Å². The summed E-state index contributed by atoms with van der Waals surface area (Å²) in [5.41, 5.74) is 37.0. The van der Waals surface area contributed by atoms with Crippen LogP contribution in [-0.2, 0) is 16.2 Å². The summed E-state index contributed by atoms with van der Waals surface area (Å²) in [4.78, 5) is 2.52. The van der Waals surface area contributed by atoms with E-state index in [4.69, 9.17) is 0 Å². The topological polar surface area (TPSA) is 20.2 Å². The normalized spacial score (nSPS) is 13.8. The lowest BCUT2D eigenvalue weighted by Gasteiger charge is -2.40. The van der Waals surface area contributed by atoms with Gasteiger partial charge in [-0.2, -0.15) is 0 Å². The minimum absolute atomic E-state index is 0.00357. The average molecular weight is 1280 g/mol. The number of nitrogens with zero attached hydrogens (tertiary/aromatic N) is 2. The van der Waals surface area contributed by atoms with E-state index >= 15 is 0 Å². The molecule has 0 radical (unpaired) electrons. The molecule has 0 fully saturated rings. The quantitative estimate of drug-likeness (QED) is 0.155. The first-order chi connectivity index (χ1) is 49.1. The zero-order chi connectivity index (χ0) is 66.8. The Hall–Kier alpha value is -12.3. The van der Waals surface area contributed by atoms with Crippen molar-refractivity contribution in [2.24, 2.45) is 0 Å². The molecule has 3 nitrogen and oxygen atoms in total. The van der Waals surface area contributed by atoms with Crippen LogP contribution < -0.4 is 10.2 Å². The number of hydrogen-bond donors (Lipinski definition) is 1. The summed E-state index contributed by atoms with van der Waals surface area (Å²) in [7, 11) is 0. The third-order valence-electron chi connectivity index (χ3n) is 22.3. The predicted octanol–water partition coefficient (Wildman–Crippen LogP) is 25.6. The summed E-state index contributed by atoms with van der Waals surface area (Å²) in [6.45, 7) is 9.40. The van der Waals surface area contributed by atoms with Crippen molar-refractivity contribution in [3.05, 3.63) is 396 Å². The van der Waals surface area contributed by atoms with E-state index in [0.717, 1.165) is 28.4 Å². The lowest BCUT2D eigenvalue weighted by molar-refractivity contribution is 0.660. The second kappa shape index (κ2) is 22.9. The maximum Gasteiger partial charge on any atom is 0.0754 e. The molecule has 16 aromatic rings. The summed E-state index contributed by atoms with van der Waals surface area (Å²) in [6.07, 6.45) is 0. The highest BCUT2D eigenvalue weighted by molar-refractivity contribution is 6.13. The average Bonchev–Trinajstić information content (AvgIpc) is 1.48. The van der Waals surface area contributed by atoms with E-state index in [1.54, 1.807) is 0 Å². The van der Waals surface area contributed by atoms with E-state index in [9.17, 15) is 0 Å². The van der Waals surface area contributed by atoms with Crippen molar-refractivity contribution >= 4 is 50.2 Å². The van der Waals surface area contributed by atoms with Gasteiger partial charge < -0.3 is 14.8 Å². The summed E-state index contributed by atoms with van der Waals surface area (Å²) in [5, 5.41) is 6.26. The number of hydrogen-bond acceptors (Lipinski definition) is 2.